The lowest BCUT2D eigenvalue weighted by molar-refractivity contribution is -0.132. The summed E-state index contributed by atoms with van der Waals surface area (Å²) in [5.74, 6) is -0.437. The van der Waals surface area contributed by atoms with Gasteiger partial charge in [-0.1, -0.05) is 52.2 Å². The summed E-state index contributed by atoms with van der Waals surface area (Å²) in [4.78, 5) is 26.4. The number of phenols is 2. The molecule has 2 aromatic rings. The molecule has 1 heterocycles. The van der Waals surface area contributed by atoms with Gasteiger partial charge in [0.2, 0.25) is 11.6 Å². The fourth-order valence-corrected chi connectivity index (χ4v) is 6.23. The van der Waals surface area contributed by atoms with Crippen molar-refractivity contribution < 1.29 is 34.4 Å². The minimum atomic E-state index is -0.703. The Morgan fingerprint density at radius 1 is 0.784 bits per heavy atom. The van der Waals surface area contributed by atoms with Gasteiger partial charge in [-0.15, -0.1) is 0 Å². The molecule has 1 unspecified atom stereocenters. The zero-order chi connectivity index (χ0) is 38.0. The largest absolute Gasteiger partial charge is 0.508 e. The van der Waals surface area contributed by atoms with Crippen molar-refractivity contribution in [3.8, 4) is 11.5 Å². The number of allylic oxidation sites excluding steroid dienone is 10. The number of aliphatic hydroxyl groups excluding tert-OH is 2. The highest BCUT2D eigenvalue weighted by Gasteiger charge is 2.35. The van der Waals surface area contributed by atoms with Crippen molar-refractivity contribution in [2.75, 3.05) is 0 Å². The first-order valence-electron chi connectivity index (χ1n) is 17.8. The Kier molecular flexibility index (Phi) is 14.9. The summed E-state index contributed by atoms with van der Waals surface area (Å²) in [5, 5.41) is 42.3. The number of phenolic OH excluding ortho intramolecular Hbond substituents is 2. The normalized spacial score (nSPS) is 15.1. The number of carbonyl (C=O) groups excluding carboxylic acids is 2. The first-order valence-corrected chi connectivity index (χ1v) is 17.8. The molecular formula is C44H56O7. The molecule has 4 N–H and O–H groups in total. The van der Waals surface area contributed by atoms with Gasteiger partial charge in [0, 0.05) is 16.7 Å². The molecule has 51 heavy (non-hydrogen) atoms. The van der Waals surface area contributed by atoms with Crippen LogP contribution in [0.2, 0.25) is 0 Å². The van der Waals surface area contributed by atoms with Crippen LogP contribution in [0, 0.1) is 6.92 Å². The first-order chi connectivity index (χ1) is 24.0. The molecule has 1 atom stereocenters. The van der Waals surface area contributed by atoms with E-state index in [9.17, 15) is 30.0 Å². The Balaban J connectivity index is 1.82. The van der Waals surface area contributed by atoms with Gasteiger partial charge in [0.15, 0.2) is 0 Å². The molecule has 1 aromatic carbocycles. The molecule has 7 nitrogen and oxygen atoms in total. The van der Waals surface area contributed by atoms with E-state index in [2.05, 4.69) is 6.08 Å². The van der Waals surface area contributed by atoms with Crippen LogP contribution in [-0.4, -0.2) is 38.1 Å². The number of rotatable bonds is 16. The summed E-state index contributed by atoms with van der Waals surface area (Å²) >= 11 is 0. The SMILES string of the molecule is CC(C)=Cc1cc(CCCC(C)=CCc2c(O)cc(C)cc2O)c(C2=C(C)C(=O)C(=O)C(CC=C(C)CCC=C(C)CC(O)C=C(C)C)=C2O)o1. The molecule has 1 aliphatic rings. The lowest BCUT2D eigenvalue weighted by atomic mass is 9.85. The third-order valence-corrected chi connectivity index (χ3v) is 8.97. The lowest BCUT2D eigenvalue weighted by Gasteiger charge is -2.19. The van der Waals surface area contributed by atoms with Crippen molar-refractivity contribution >= 4 is 23.2 Å². The topological polar surface area (TPSA) is 128 Å². The van der Waals surface area contributed by atoms with Crippen LogP contribution in [0.15, 0.2) is 91.7 Å². The smallest absolute Gasteiger partial charge is 0.233 e. The van der Waals surface area contributed by atoms with Crippen molar-refractivity contribution in [2.45, 2.75) is 120 Å². The maximum absolute atomic E-state index is 13.3. The number of carbonyl (C=O) groups is 2. The van der Waals surface area contributed by atoms with Gasteiger partial charge < -0.3 is 24.8 Å². The molecule has 0 spiro atoms. The zero-order valence-electron chi connectivity index (χ0n) is 31.9. The van der Waals surface area contributed by atoms with Crippen LogP contribution < -0.4 is 0 Å². The van der Waals surface area contributed by atoms with Gasteiger partial charge in [-0.3, -0.25) is 9.59 Å². The van der Waals surface area contributed by atoms with Gasteiger partial charge >= 0.3 is 0 Å². The highest BCUT2D eigenvalue weighted by molar-refractivity contribution is 6.52. The molecule has 0 amide bonds. The molecule has 274 valence electrons. The standard InChI is InChI=1S/C44H56O7/c1-26(2)20-34(45)22-30(7)14-10-12-28(5)17-19-37-42(49)40(32(9)41(48)43(37)50)44-33(25-35(51-44)21-27(3)4)15-11-13-29(6)16-18-36-38(46)23-31(8)24-39(36)47/h14,16-17,20-21,23-25,34,45-47,49H,10-13,15,18-19,22H2,1-9H3. The Hall–Kier alpha value is -4.62. The summed E-state index contributed by atoms with van der Waals surface area (Å²) in [6.07, 6.45) is 13.9. The van der Waals surface area contributed by atoms with Gasteiger partial charge in [0.25, 0.3) is 0 Å². The molecule has 0 bridgehead atoms. The number of aryl methyl sites for hydroxylation is 2. The van der Waals surface area contributed by atoms with Crippen LogP contribution in [0.25, 0.3) is 11.6 Å². The van der Waals surface area contributed by atoms with Crippen LogP contribution >= 0.6 is 0 Å². The van der Waals surface area contributed by atoms with Gasteiger partial charge in [-0.2, -0.15) is 0 Å². The predicted molar refractivity (Wildman–Crippen MR) is 207 cm³/mol. The van der Waals surface area contributed by atoms with Gasteiger partial charge in [0.05, 0.1) is 11.7 Å². The number of hydrogen-bond acceptors (Lipinski definition) is 7. The van der Waals surface area contributed by atoms with Crippen molar-refractivity contribution in [1.82, 2.24) is 0 Å². The Morgan fingerprint density at radius 2 is 1.41 bits per heavy atom. The molecule has 1 aromatic heterocycles. The predicted octanol–water partition coefficient (Wildman–Crippen LogP) is 10.5. The van der Waals surface area contributed by atoms with Crippen LogP contribution in [-0.2, 0) is 22.4 Å². The van der Waals surface area contributed by atoms with Gasteiger partial charge in [-0.25, -0.2) is 0 Å². The number of aromatic hydroxyl groups is 2. The van der Waals surface area contributed by atoms with E-state index in [1.807, 2.05) is 85.8 Å². The first kappa shape index (κ1) is 40.8. The lowest BCUT2D eigenvalue weighted by Crippen LogP contribution is -2.25. The summed E-state index contributed by atoms with van der Waals surface area (Å²) < 4.78 is 6.28. The number of Topliss-reactive ketones (excluding diaryl/α,β-unsaturated/α-hetero) is 2. The Labute approximate surface area is 303 Å². The summed E-state index contributed by atoms with van der Waals surface area (Å²) in [6.45, 7) is 17.2. The molecule has 0 radical (unpaired) electrons. The van der Waals surface area contributed by atoms with Crippen LogP contribution in [0.3, 0.4) is 0 Å². The minimum absolute atomic E-state index is 0.0593. The maximum atomic E-state index is 13.3. The third-order valence-electron chi connectivity index (χ3n) is 8.97. The van der Waals surface area contributed by atoms with Crippen LogP contribution in [0.4, 0.5) is 0 Å². The van der Waals surface area contributed by atoms with E-state index in [0.29, 0.717) is 36.3 Å². The summed E-state index contributed by atoms with van der Waals surface area (Å²) in [7, 11) is 0. The van der Waals surface area contributed by atoms with Crippen molar-refractivity contribution in [1.29, 1.82) is 0 Å². The van der Waals surface area contributed by atoms with Gasteiger partial charge in [-0.05, 0) is 149 Å². The second kappa shape index (κ2) is 18.6. The Morgan fingerprint density at radius 3 is 2.04 bits per heavy atom. The number of furan rings is 1. The summed E-state index contributed by atoms with van der Waals surface area (Å²) in [6, 6.07) is 5.20. The number of aliphatic hydroxyl groups is 2. The molecule has 0 saturated heterocycles. The molecule has 0 aliphatic heterocycles. The van der Waals surface area contributed by atoms with E-state index in [0.717, 1.165) is 64.7 Å². The van der Waals surface area contributed by atoms with Gasteiger partial charge in [0.1, 0.15) is 28.8 Å². The van der Waals surface area contributed by atoms with E-state index < -0.39 is 17.7 Å². The van der Waals surface area contributed by atoms with Crippen molar-refractivity contribution in [3.05, 3.63) is 115 Å². The molecule has 7 heteroatoms. The number of ketones is 2. The van der Waals surface area contributed by atoms with Crippen LogP contribution in [0.5, 0.6) is 11.5 Å². The quantitative estimate of drug-likeness (QED) is 0.0781. The van der Waals surface area contributed by atoms with E-state index in [-0.39, 0.29) is 40.4 Å². The van der Waals surface area contributed by atoms with E-state index in [1.54, 1.807) is 19.1 Å². The number of benzene rings is 1. The monoisotopic (exact) mass is 696 g/mol. The summed E-state index contributed by atoms with van der Waals surface area (Å²) in [5.41, 5.74) is 7.90. The van der Waals surface area contributed by atoms with E-state index in [4.69, 9.17) is 4.42 Å². The van der Waals surface area contributed by atoms with Crippen molar-refractivity contribution in [2.24, 2.45) is 0 Å². The highest BCUT2D eigenvalue weighted by atomic mass is 16.3. The average molecular weight is 697 g/mol. The molecule has 1 aliphatic carbocycles. The van der Waals surface area contributed by atoms with E-state index >= 15 is 0 Å². The van der Waals surface area contributed by atoms with Crippen molar-refractivity contribution in [3.63, 3.8) is 0 Å². The molecule has 0 saturated carbocycles. The van der Waals surface area contributed by atoms with E-state index in [1.165, 1.54) is 0 Å². The fraction of sp³-hybridized carbons (Fsp3) is 0.409. The fourth-order valence-electron chi connectivity index (χ4n) is 6.23. The zero-order valence-corrected chi connectivity index (χ0v) is 31.9. The molecule has 0 fully saturated rings. The molecule has 3 rings (SSSR count). The Bertz CT molecular complexity index is 1820. The number of hydrogen-bond donors (Lipinski definition) is 4. The highest BCUT2D eigenvalue weighted by Crippen LogP contribution is 2.38. The third kappa shape index (κ3) is 11.7. The van der Waals surface area contributed by atoms with Crippen LogP contribution in [0.1, 0.15) is 122 Å². The average Bonchev–Trinajstić information content (AvgIpc) is 3.39. The second-order valence-electron chi connectivity index (χ2n) is 14.5. The second-order valence-corrected chi connectivity index (χ2v) is 14.5. The maximum Gasteiger partial charge on any atom is 0.233 e. The molecular weight excluding hydrogens is 640 g/mol. The minimum Gasteiger partial charge on any atom is -0.508 e.